The second-order valence-electron chi connectivity index (χ2n) is 4.41. The summed E-state index contributed by atoms with van der Waals surface area (Å²) in [7, 11) is -4.09. The number of hydrogen-bond donors (Lipinski definition) is 1. The van der Waals surface area contributed by atoms with Gasteiger partial charge in [0.15, 0.2) is 0 Å². The number of carboxylic acid groups (broad SMARTS) is 1. The maximum absolute atomic E-state index is 12.0. The molecule has 0 aliphatic carbocycles. The molecule has 1 rings (SSSR count). The summed E-state index contributed by atoms with van der Waals surface area (Å²) in [5.41, 5.74) is -0.260. The van der Waals surface area contributed by atoms with Gasteiger partial charge < -0.3 is 9.90 Å². The molecular weight excluding hydrogens is 288 g/mol. The van der Waals surface area contributed by atoms with Crippen LogP contribution in [-0.4, -0.2) is 25.4 Å². The molecule has 0 bridgehead atoms. The SMILES string of the molecule is CC(C)C(NS(=O)(=O)c1ccc([N+](=O)[O-])cc1)C(=O)[O-]. The number of rotatable bonds is 6. The Bertz CT molecular complexity index is 608. The Kier molecular flexibility index (Phi) is 4.79. The minimum Gasteiger partial charge on any atom is -0.548 e. The molecule has 1 aromatic rings. The molecule has 0 aliphatic rings. The van der Waals surface area contributed by atoms with Crippen LogP contribution in [0.25, 0.3) is 0 Å². The van der Waals surface area contributed by atoms with Gasteiger partial charge in [-0.2, -0.15) is 0 Å². The molecule has 0 aliphatic heterocycles. The standard InChI is InChI=1S/C11H14N2O6S/c1-7(2)10(11(14)15)12-20(18,19)9-5-3-8(4-6-9)13(16)17/h3-7,10,12H,1-2H3,(H,14,15)/p-1. The summed E-state index contributed by atoms with van der Waals surface area (Å²) in [6.07, 6.45) is 0. The first-order chi connectivity index (χ1) is 9.15. The number of benzene rings is 1. The molecule has 0 saturated carbocycles. The second kappa shape index (κ2) is 5.97. The summed E-state index contributed by atoms with van der Waals surface area (Å²) in [5.74, 6) is -2.04. The number of carboxylic acids is 1. The van der Waals surface area contributed by atoms with E-state index in [-0.39, 0.29) is 10.6 Å². The summed E-state index contributed by atoms with van der Waals surface area (Å²) in [6.45, 7) is 3.05. The molecule has 0 radical (unpaired) electrons. The van der Waals surface area contributed by atoms with Crippen LogP contribution < -0.4 is 9.83 Å². The van der Waals surface area contributed by atoms with Gasteiger partial charge in [0.2, 0.25) is 10.0 Å². The topological polar surface area (TPSA) is 129 Å². The Morgan fingerprint density at radius 2 is 1.75 bits per heavy atom. The number of aliphatic carboxylic acids is 1. The Balaban J connectivity index is 3.04. The van der Waals surface area contributed by atoms with Crippen LogP contribution in [-0.2, 0) is 14.8 Å². The lowest BCUT2D eigenvalue weighted by Gasteiger charge is -2.22. The first kappa shape index (κ1) is 16.1. The largest absolute Gasteiger partial charge is 0.548 e. The van der Waals surface area contributed by atoms with Crippen molar-refractivity contribution >= 4 is 21.7 Å². The number of nitro benzene ring substituents is 1. The fourth-order valence-electron chi connectivity index (χ4n) is 1.44. The van der Waals surface area contributed by atoms with Gasteiger partial charge in [-0.1, -0.05) is 13.8 Å². The van der Waals surface area contributed by atoms with E-state index in [4.69, 9.17) is 0 Å². The van der Waals surface area contributed by atoms with E-state index < -0.39 is 32.9 Å². The molecule has 0 spiro atoms. The zero-order valence-corrected chi connectivity index (χ0v) is 11.6. The molecule has 0 heterocycles. The van der Waals surface area contributed by atoms with E-state index in [0.29, 0.717) is 0 Å². The predicted octanol–water partition coefficient (Wildman–Crippen LogP) is -0.352. The molecule has 0 saturated heterocycles. The van der Waals surface area contributed by atoms with Gasteiger partial charge in [-0.25, -0.2) is 13.1 Å². The number of non-ortho nitro benzene ring substituents is 1. The molecule has 8 nitrogen and oxygen atoms in total. The molecule has 9 heteroatoms. The number of hydrogen-bond acceptors (Lipinski definition) is 6. The average molecular weight is 301 g/mol. The summed E-state index contributed by atoms with van der Waals surface area (Å²) in [4.78, 5) is 20.4. The summed E-state index contributed by atoms with van der Waals surface area (Å²) in [5, 5.41) is 21.3. The molecule has 1 atom stereocenters. The lowest BCUT2D eigenvalue weighted by Crippen LogP contribution is -2.50. The normalized spacial score (nSPS) is 13.2. The average Bonchev–Trinajstić information content (AvgIpc) is 2.35. The van der Waals surface area contributed by atoms with E-state index >= 15 is 0 Å². The van der Waals surface area contributed by atoms with Crippen LogP contribution >= 0.6 is 0 Å². The minimum absolute atomic E-state index is 0.255. The van der Waals surface area contributed by atoms with Gasteiger partial charge in [0, 0.05) is 12.1 Å². The van der Waals surface area contributed by atoms with E-state index in [1.54, 1.807) is 0 Å². The van der Waals surface area contributed by atoms with Crippen molar-refractivity contribution in [2.75, 3.05) is 0 Å². The van der Waals surface area contributed by atoms with Gasteiger partial charge in [-0.05, 0) is 18.1 Å². The van der Waals surface area contributed by atoms with E-state index in [1.807, 2.05) is 4.72 Å². The van der Waals surface area contributed by atoms with Gasteiger partial charge in [0.05, 0.1) is 21.8 Å². The van der Waals surface area contributed by atoms with Gasteiger partial charge in [0.1, 0.15) is 0 Å². The van der Waals surface area contributed by atoms with Crippen LogP contribution in [0, 0.1) is 16.0 Å². The molecule has 0 amide bonds. The maximum Gasteiger partial charge on any atom is 0.269 e. The Hall–Kier alpha value is -2.00. The van der Waals surface area contributed by atoms with Crippen LogP contribution in [0.15, 0.2) is 29.2 Å². The van der Waals surface area contributed by atoms with Crippen LogP contribution in [0.4, 0.5) is 5.69 Å². The molecule has 0 fully saturated rings. The molecule has 1 aromatic carbocycles. The Labute approximate surface area is 115 Å². The van der Waals surface area contributed by atoms with Crippen molar-refractivity contribution in [1.82, 2.24) is 4.72 Å². The minimum atomic E-state index is -4.09. The zero-order valence-electron chi connectivity index (χ0n) is 10.8. The zero-order chi connectivity index (χ0) is 15.5. The first-order valence-electron chi connectivity index (χ1n) is 5.63. The van der Waals surface area contributed by atoms with Gasteiger partial charge in [-0.3, -0.25) is 10.1 Å². The number of nitrogens with zero attached hydrogens (tertiary/aromatic N) is 1. The number of nitrogens with one attached hydrogen (secondary N) is 1. The highest BCUT2D eigenvalue weighted by atomic mass is 32.2. The van der Waals surface area contributed by atoms with Crippen LogP contribution in [0.1, 0.15) is 13.8 Å². The fraction of sp³-hybridized carbons (Fsp3) is 0.364. The highest BCUT2D eigenvalue weighted by molar-refractivity contribution is 7.89. The quantitative estimate of drug-likeness (QED) is 0.564. The smallest absolute Gasteiger partial charge is 0.269 e. The van der Waals surface area contributed by atoms with Crippen molar-refractivity contribution in [1.29, 1.82) is 0 Å². The van der Waals surface area contributed by atoms with E-state index in [9.17, 15) is 28.4 Å². The lowest BCUT2D eigenvalue weighted by molar-refractivity contribution is -0.384. The number of nitro groups is 1. The molecule has 0 aromatic heterocycles. The molecule has 110 valence electrons. The highest BCUT2D eigenvalue weighted by Gasteiger charge is 2.23. The third-order valence-electron chi connectivity index (χ3n) is 2.56. The van der Waals surface area contributed by atoms with Crippen molar-refractivity contribution in [3.05, 3.63) is 34.4 Å². The number of carbonyl (C=O) groups is 1. The van der Waals surface area contributed by atoms with Crippen molar-refractivity contribution in [2.24, 2.45) is 5.92 Å². The third kappa shape index (κ3) is 3.75. The van der Waals surface area contributed by atoms with Gasteiger partial charge in [0.25, 0.3) is 5.69 Å². The fourth-order valence-corrected chi connectivity index (χ4v) is 2.77. The molecule has 20 heavy (non-hydrogen) atoms. The monoisotopic (exact) mass is 301 g/mol. The summed E-state index contributed by atoms with van der Waals surface area (Å²) >= 11 is 0. The van der Waals surface area contributed by atoms with Gasteiger partial charge >= 0.3 is 0 Å². The van der Waals surface area contributed by atoms with E-state index in [0.717, 1.165) is 24.3 Å². The molecule has 1 N–H and O–H groups in total. The maximum atomic E-state index is 12.0. The highest BCUT2D eigenvalue weighted by Crippen LogP contribution is 2.16. The summed E-state index contributed by atoms with van der Waals surface area (Å²) < 4.78 is 25.9. The molecule has 1 unspecified atom stereocenters. The van der Waals surface area contributed by atoms with Crippen molar-refractivity contribution in [2.45, 2.75) is 24.8 Å². The van der Waals surface area contributed by atoms with Crippen LogP contribution in [0.5, 0.6) is 0 Å². The van der Waals surface area contributed by atoms with Crippen molar-refractivity contribution < 1.29 is 23.2 Å². The Morgan fingerprint density at radius 3 is 2.10 bits per heavy atom. The van der Waals surface area contributed by atoms with E-state index in [2.05, 4.69) is 0 Å². The van der Waals surface area contributed by atoms with Gasteiger partial charge in [-0.15, -0.1) is 0 Å². The number of sulfonamides is 1. The molecular formula is C11H13N2O6S-. The first-order valence-corrected chi connectivity index (χ1v) is 7.11. The summed E-state index contributed by atoms with van der Waals surface area (Å²) in [6, 6.07) is 2.74. The van der Waals surface area contributed by atoms with Crippen LogP contribution in [0.3, 0.4) is 0 Å². The third-order valence-corrected chi connectivity index (χ3v) is 4.02. The van der Waals surface area contributed by atoms with E-state index in [1.165, 1.54) is 13.8 Å². The number of carbonyl (C=O) groups excluding carboxylic acids is 1. The van der Waals surface area contributed by atoms with Crippen molar-refractivity contribution in [3.8, 4) is 0 Å². The second-order valence-corrected chi connectivity index (χ2v) is 6.13. The predicted molar refractivity (Wildman–Crippen MR) is 67.1 cm³/mol. The van der Waals surface area contributed by atoms with Crippen molar-refractivity contribution in [3.63, 3.8) is 0 Å². The van der Waals surface area contributed by atoms with Crippen LogP contribution in [0.2, 0.25) is 0 Å². The lowest BCUT2D eigenvalue weighted by atomic mass is 10.1. The Morgan fingerprint density at radius 1 is 1.25 bits per heavy atom.